The van der Waals surface area contributed by atoms with Crippen molar-refractivity contribution in [1.29, 1.82) is 0 Å². The third kappa shape index (κ3) is 7.70. The fourth-order valence-corrected chi connectivity index (χ4v) is 5.20. The van der Waals surface area contributed by atoms with Gasteiger partial charge in [0.25, 0.3) is 0 Å². The molecule has 0 radical (unpaired) electrons. The molecule has 0 unspecified atom stereocenters. The van der Waals surface area contributed by atoms with Crippen LogP contribution in [0.5, 0.6) is 5.75 Å². The maximum atomic E-state index is 15.6. The average Bonchev–Trinajstić information content (AvgIpc) is 3.06. The minimum Gasteiger partial charge on any atom is -0.462 e. The van der Waals surface area contributed by atoms with Crippen LogP contribution >= 0.6 is 7.75 Å². The number of nitrogens with one attached hydrogen (secondary N) is 2. The van der Waals surface area contributed by atoms with Gasteiger partial charge in [0.1, 0.15) is 29.8 Å². The summed E-state index contributed by atoms with van der Waals surface area (Å²) in [4.78, 5) is 39.7. The predicted molar refractivity (Wildman–Crippen MR) is 137 cm³/mol. The number of esters is 1. The normalized spacial score (nSPS) is 25.1. The van der Waals surface area contributed by atoms with Gasteiger partial charge in [0, 0.05) is 13.1 Å². The molecule has 1 aliphatic heterocycles. The first-order chi connectivity index (χ1) is 18.2. The molecule has 0 spiro atoms. The summed E-state index contributed by atoms with van der Waals surface area (Å²) in [5, 5.41) is 15.5. The van der Waals surface area contributed by atoms with Crippen LogP contribution in [0.3, 0.4) is 0 Å². The smallest absolute Gasteiger partial charge is 0.459 e. The lowest BCUT2D eigenvalue weighted by atomic mass is 9.98. The molecular formula is C24H32FN4O9P. The molecule has 214 valence electrons. The van der Waals surface area contributed by atoms with Crippen molar-refractivity contribution < 1.29 is 42.2 Å². The van der Waals surface area contributed by atoms with Gasteiger partial charge in [0.15, 0.2) is 11.9 Å². The molecule has 6 atom stereocenters. The van der Waals surface area contributed by atoms with E-state index in [1.54, 1.807) is 32.0 Å². The molecule has 1 aromatic heterocycles. The Morgan fingerprint density at radius 3 is 2.51 bits per heavy atom. The summed E-state index contributed by atoms with van der Waals surface area (Å²) < 4.78 is 51.9. The van der Waals surface area contributed by atoms with Crippen LogP contribution in [-0.4, -0.2) is 63.2 Å². The summed E-state index contributed by atoms with van der Waals surface area (Å²) in [5.41, 5.74) is -3.44. The van der Waals surface area contributed by atoms with Gasteiger partial charge in [-0.2, -0.15) is 10.1 Å². The Morgan fingerprint density at radius 2 is 1.92 bits per heavy atom. The minimum absolute atomic E-state index is 0.0436. The van der Waals surface area contributed by atoms with Crippen LogP contribution in [-0.2, 0) is 28.2 Å². The molecule has 0 bridgehead atoms. The van der Waals surface area contributed by atoms with Crippen molar-refractivity contribution in [3.63, 3.8) is 0 Å². The van der Waals surface area contributed by atoms with E-state index in [1.807, 2.05) is 0 Å². The number of aliphatic hydroxyl groups is 1. The fraction of sp³-hybridized carbons (Fsp3) is 0.500. The number of alkyl halides is 1. The van der Waals surface area contributed by atoms with Crippen LogP contribution in [0.2, 0.25) is 0 Å². The quantitative estimate of drug-likeness (QED) is 0.268. The Kier molecular flexibility index (Phi) is 9.62. The second kappa shape index (κ2) is 12.3. The highest BCUT2D eigenvalue weighted by atomic mass is 31.2. The molecular weight excluding hydrogens is 538 g/mol. The summed E-state index contributed by atoms with van der Waals surface area (Å²) in [6, 6.07) is 8.12. The molecule has 3 N–H and O–H groups in total. The largest absolute Gasteiger partial charge is 0.462 e. The summed E-state index contributed by atoms with van der Waals surface area (Å²) >= 11 is 0. The van der Waals surface area contributed by atoms with Crippen molar-refractivity contribution in [2.24, 2.45) is 0 Å². The van der Waals surface area contributed by atoms with Gasteiger partial charge in [-0.1, -0.05) is 18.2 Å². The van der Waals surface area contributed by atoms with Crippen LogP contribution in [0.25, 0.3) is 0 Å². The van der Waals surface area contributed by atoms with Gasteiger partial charge < -0.3 is 24.4 Å². The number of ether oxygens (including phenoxy) is 2. The number of nitrogens with zero attached hydrogens (tertiary/aromatic N) is 2. The molecule has 39 heavy (non-hydrogen) atoms. The van der Waals surface area contributed by atoms with Gasteiger partial charge in [-0.3, -0.25) is 18.7 Å². The van der Waals surface area contributed by atoms with Crippen molar-refractivity contribution in [3.8, 4) is 5.75 Å². The summed E-state index contributed by atoms with van der Waals surface area (Å²) in [6.45, 7) is 6.31. The van der Waals surface area contributed by atoms with Crippen molar-refractivity contribution >= 4 is 25.4 Å². The highest BCUT2D eigenvalue weighted by Crippen LogP contribution is 2.47. The van der Waals surface area contributed by atoms with E-state index in [2.05, 4.69) is 15.4 Å². The lowest BCUT2D eigenvalue weighted by molar-refractivity contribution is -0.149. The summed E-state index contributed by atoms with van der Waals surface area (Å²) in [7, 11) is -4.32. The van der Waals surface area contributed by atoms with Crippen molar-refractivity contribution in [1.82, 2.24) is 14.6 Å². The zero-order valence-corrected chi connectivity index (χ0v) is 23.0. The minimum atomic E-state index is -4.32. The van der Waals surface area contributed by atoms with E-state index in [0.29, 0.717) is 0 Å². The number of anilines is 1. The van der Waals surface area contributed by atoms with E-state index < -0.39 is 68.2 Å². The zero-order valence-electron chi connectivity index (χ0n) is 22.1. The Balaban J connectivity index is 1.79. The number of hydrogen-bond donors (Lipinski definition) is 3. The van der Waals surface area contributed by atoms with Crippen LogP contribution < -0.4 is 20.6 Å². The zero-order chi connectivity index (χ0) is 29.0. The number of aliphatic hydroxyl groups excluding tert-OH is 1. The number of halogens is 1. The van der Waals surface area contributed by atoms with Gasteiger partial charge in [0.2, 0.25) is 5.91 Å². The first-order valence-corrected chi connectivity index (χ1v) is 13.6. The average molecular weight is 571 g/mol. The highest BCUT2D eigenvalue weighted by molar-refractivity contribution is 7.52. The monoisotopic (exact) mass is 570 g/mol. The standard InChI is InChI=1S/C24H32FN4O9P/c1-14(2)36-21(32)15(3)28-39(34,38-17-9-7-6-8-10-17)35-13-18-20(31)24(5,25)22(37-18)29-12-11-19(26-16(4)30)27-23(29)33/h6-12,14-15,18,20,22,31H,13H2,1-5H3,(H,28,34)(H,26,27,30,33)/t15-,18+,20+,22+,24+,39-/m0/s1. The van der Waals surface area contributed by atoms with Gasteiger partial charge in [0.05, 0.1) is 12.7 Å². The summed E-state index contributed by atoms with van der Waals surface area (Å²) in [6.07, 6.45) is -4.12. The number of carbonyl (C=O) groups excluding carboxylic acids is 2. The van der Waals surface area contributed by atoms with Gasteiger partial charge >= 0.3 is 19.4 Å². The van der Waals surface area contributed by atoms with E-state index in [0.717, 1.165) is 17.7 Å². The van der Waals surface area contributed by atoms with E-state index in [1.165, 1.54) is 32.0 Å². The Morgan fingerprint density at radius 1 is 1.26 bits per heavy atom. The third-order valence-corrected chi connectivity index (χ3v) is 7.18. The summed E-state index contributed by atoms with van der Waals surface area (Å²) in [5.74, 6) is -1.07. The fourth-order valence-electron chi connectivity index (χ4n) is 3.70. The van der Waals surface area contributed by atoms with Gasteiger partial charge in [-0.25, -0.2) is 13.8 Å². The molecule has 1 fully saturated rings. The van der Waals surface area contributed by atoms with Crippen molar-refractivity contribution in [2.75, 3.05) is 11.9 Å². The molecule has 0 aliphatic carbocycles. The predicted octanol–water partition coefficient (Wildman–Crippen LogP) is 2.32. The van der Waals surface area contributed by atoms with Crippen LogP contribution in [0.4, 0.5) is 10.2 Å². The maximum absolute atomic E-state index is 15.6. The van der Waals surface area contributed by atoms with E-state index in [4.69, 9.17) is 18.5 Å². The number of carbonyl (C=O) groups is 2. The third-order valence-electron chi connectivity index (χ3n) is 5.54. The number of rotatable bonds is 11. The molecule has 2 heterocycles. The van der Waals surface area contributed by atoms with Gasteiger partial charge in [-0.15, -0.1) is 0 Å². The van der Waals surface area contributed by atoms with Gasteiger partial charge in [-0.05, 0) is 45.9 Å². The molecule has 2 aromatic rings. The second-order valence-electron chi connectivity index (χ2n) is 9.34. The van der Waals surface area contributed by atoms with E-state index in [9.17, 15) is 24.1 Å². The Bertz CT molecular complexity index is 1270. The number of benzene rings is 1. The molecule has 13 nitrogen and oxygen atoms in total. The lowest BCUT2D eigenvalue weighted by Gasteiger charge is -2.25. The number of para-hydroxylation sites is 1. The van der Waals surface area contributed by atoms with Crippen molar-refractivity contribution in [3.05, 3.63) is 53.1 Å². The van der Waals surface area contributed by atoms with Crippen LogP contribution in [0, 0.1) is 0 Å². The van der Waals surface area contributed by atoms with Crippen LogP contribution in [0.1, 0.15) is 40.8 Å². The first kappa shape index (κ1) is 30.4. The van der Waals surface area contributed by atoms with E-state index >= 15 is 4.39 Å². The van der Waals surface area contributed by atoms with E-state index in [-0.39, 0.29) is 11.6 Å². The molecule has 3 rings (SSSR count). The second-order valence-corrected chi connectivity index (χ2v) is 11.0. The molecule has 15 heteroatoms. The molecule has 1 saturated heterocycles. The lowest BCUT2D eigenvalue weighted by Crippen LogP contribution is -2.43. The molecule has 1 aromatic carbocycles. The molecule has 0 saturated carbocycles. The Labute approximate surface area is 224 Å². The Hall–Kier alpha value is -3.16. The number of hydrogen-bond acceptors (Lipinski definition) is 10. The van der Waals surface area contributed by atoms with Crippen molar-refractivity contribution in [2.45, 2.75) is 70.9 Å². The number of aromatic nitrogens is 2. The topological polar surface area (TPSA) is 167 Å². The first-order valence-electron chi connectivity index (χ1n) is 12.1. The SMILES string of the molecule is CC(=O)Nc1ccn([C@@H]2O[C@H](CO[P@@](=O)(N[C@@H](C)C(=O)OC(C)C)Oc3ccccc3)[C@@H](O)[C@@]2(C)F)c(=O)n1. The van der Waals surface area contributed by atoms with Crippen LogP contribution in [0.15, 0.2) is 47.4 Å². The molecule has 1 amide bonds. The molecule has 1 aliphatic rings. The maximum Gasteiger partial charge on any atom is 0.459 e. The highest BCUT2D eigenvalue weighted by Gasteiger charge is 2.56. The number of amides is 1.